The number of hydrogen-bond acceptors (Lipinski definition) is 7. The molecule has 31 heavy (non-hydrogen) atoms. The zero-order valence-corrected chi connectivity index (χ0v) is 17.1. The molecule has 1 unspecified atom stereocenters. The Morgan fingerprint density at radius 2 is 1.84 bits per heavy atom. The van der Waals surface area contributed by atoms with Gasteiger partial charge in [0.2, 0.25) is 0 Å². The maximum absolute atomic E-state index is 12.4. The molecule has 2 heterocycles. The highest BCUT2D eigenvalue weighted by Gasteiger charge is 2.23. The molecule has 0 aliphatic carbocycles. The number of nitrogens with zero attached hydrogens (tertiary/aromatic N) is 3. The van der Waals surface area contributed by atoms with Crippen molar-refractivity contribution in [2.45, 2.75) is 19.4 Å². The number of hydrogen-bond donors (Lipinski definition) is 1. The molecule has 0 radical (unpaired) electrons. The highest BCUT2D eigenvalue weighted by molar-refractivity contribution is 5.93. The number of methoxy groups -OCH3 is 1. The zero-order valence-electron chi connectivity index (χ0n) is 17.1. The van der Waals surface area contributed by atoms with Crippen molar-refractivity contribution >= 4 is 17.8 Å². The molecule has 2 aromatic heterocycles. The van der Waals surface area contributed by atoms with Gasteiger partial charge in [-0.2, -0.15) is 5.10 Å². The van der Waals surface area contributed by atoms with E-state index in [2.05, 4.69) is 15.4 Å². The van der Waals surface area contributed by atoms with E-state index in [1.807, 2.05) is 30.3 Å². The second-order valence-corrected chi connectivity index (χ2v) is 6.65. The largest absolute Gasteiger partial charge is 0.467 e. The molecule has 3 aromatic rings. The van der Waals surface area contributed by atoms with E-state index < -0.39 is 30.5 Å². The van der Waals surface area contributed by atoms with Gasteiger partial charge in [-0.15, -0.1) is 0 Å². The third kappa shape index (κ3) is 5.53. The number of pyridine rings is 1. The van der Waals surface area contributed by atoms with Crippen molar-refractivity contribution in [3.8, 4) is 5.82 Å². The van der Waals surface area contributed by atoms with Crippen molar-refractivity contribution in [1.29, 1.82) is 0 Å². The van der Waals surface area contributed by atoms with Crippen molar-refractivity contribution < 1.29 is 23.9 Å². The molecule has 0 saturated carbocycles. The third-order valence-electron chi connectivity index (χ3n) is 4.53. The molecule has 160 valence electrons. The van der Waals surface area contributed by atoms with Crippen LogP contribution >= 0.6 is 0 Å². The summed E-state index contributed by atoms with van der Waals surface area (Å²) in [6.45, 7) is 1.15. The van der Waals surface area contributed by atoms with E-state index in [-0.39, 0.29) is 12.0 Å². The van der Waals surface area contributed by atoms with Crippen LogP contribution in [0.15, 0.2) is 60.9 Å². The molecule has 9 nitrogen and oxygen atoms in total. The third-order valence-corrected chi connectivity index (χ3v) is 4.53. The lowest BCUT2D eigenvalue weighted by Crippen LogP contribution is -2.44. The first-order valence-electron chi connectivity index (χ1n) is 9.54. The lowest BCUT2D eigenvalue weighted by molar-refractivity contribution is -0.145. The van der Waals surface area contributed by atoms with E-state index >= 15 is 0 Å². The predicted molar refractivity (Wildman–Crippen MR) is 110 cm³/mol. The number of benzene rings is 1. The number of nitrogens with one attached hydrogen (secondary N) is 1. The van der Waals surface area contributed by atoms with Gasteiger partial charge in [-0.05, 0) is 24.6 Å². The summed E-state index contributed by atoms with van der Waals surface area (Å²) >= 11 is 0. The van der Waals surface area contributed by atoms with Crippen molar-refractivity contribution in [3.05, 3.63) is 77.7 Å². The fraction of sp³-hybridized carbons (Fsp3) is 0.227. The van der Waals surface area contributed by atoms with Gasteiger partial charge in [0, 0.05) is 12.6 Å². The Morgan fingerprint density at radius 1 is 1.10 bits per heavy atom. The van der Waals surface area contributed by atoms with Crippen LogP contribution in [0.3, 0.4) is 0 Å². The summed E-state index contributed by atoms with van der Waals surface area (Å²) in [6.07, 6.45) is 3.23. The summed E-state index contributed by atoms with van der Waals surface area (Å²) in [7, 11) is 1.24. The van der Waals surface area contributed by atoms with Crippen LogP contribution < -0.4 is 5.32 Å². The molecule has 1 amide bonds. The standard InChI is InChI=1S/C22H22N4O5/c1-15-17(13-24-26(15)19-10-6-7-11-23-19)21(28)31-14-20(27)25-18(22(29)30-2)12-16-8-4-3-5-9-16/h3-11,13,18H,12,14H2,1-2H3,(H,25,27). The summed E-state index contributed by atoms with van der Waals surface area (Å²) in [4.78, 5) is 40.9. The number of amides is 1. The number of ether oxygens (including phenoxy) is 2. The molecule has 1 aromatic carbocycles. The van der Waals surface area contributed by atoms with Crippen LogP contribution in [0.25, 0.3) is 5.82 Å². The van der Waals surface area contributed by atoms with Crippen LogP contribution in [-0.2, 0) is 25.5 Å². The number of esters is 2. The van der Waals surface area contributed by atoms with Gasteiger partial charge in [0.05, 0.1) is 19.0 Å². The Morgan fingerprint density at radius 3 is 2.52 bits per heavy atom. The molecule has 1 N–H and O–H groups in total. The fourth-order valence-electron chi connectivity index (χ4n) is 2.95. The number of aromatic nitrogens is 3. The van der Waals surface area contributed by atoms with Gasteiger partial charge in [-0.3, -0.25) is 4.79 Å². The van der Waals surface area contributed by atoms with E-state index in [9.17, 15) is 14.4 Å². The van der Waals surface area contributed by atoms with Crippen molar-refractivity contribution in [2.24, 2.45) is 0 Å². The highest BCUT2D eigenvalue weighted by atomic mass is 16.5. The molecule has 0 saturated heterocycles. The topological polar surface area (TPSA) is 112 Å². The minimum Gasteiger partial charge on any atom is -0.467 e. The van der Waals surface area contributed by atoms with Gasteiger partial charge < -0.3 is 14.8 Å². The molecule has 3 rings (SSSR count). The highest BCUT2D eigenvalue weighted by Crippen LogP contribution is 2.13. The molecule has 0 bridgehead atoms. The van der Waals surface area contributed by atoms with E-state index in [4.69, 9.17) is 9.47 Å². The predicted octanol–water partition coefficient (Wildman–Crippen LogP) is 1.63. The van der Waals surface area contributed by atoms with Crippen LogP contribution in [0, 0.1) is 6.92 Å². The van der Waals surface area contributed by atoms with Crippen LogP contribution in [0.2, 0.25) is 0 Å². The van der Waals surface area contributed by atoms with Crippen molar-refractivity contribution in [1.82, 2.24) is 20.1 Å². The van der Waals surface area contributed by atoms with Crippen LogP contribution in [0.4, 0.5) is 0 Å². The summed E-state index contributed by atoms with van der Waals surface area (Å²) < 4.78 is 11.4. The molecule has 0 aliphatic rings. The molecular formula is C22H22N4O5. The zero-order chi connectivity index (χ0) is 22.2. The van der Waals surface area contributed by atoms with Gasteiger partial charge in [-0.25, -0.2) is 19.3 Å². The van der Waals surface area contributed by atoms with E-state index in [0.29, 0.717) is 11.5 Å². The van der Waals surface area contributed by atoms with Crippen LogP contribution in [-0.4, -0.2) is 52.4 Å². The summed E-state index contributed by atoms with van der Waals surface area (Å²) in [5, 5.41) is 6.70. The van der Waals surface area contributed by atoms with Gasteiger partial charge in [-0.1, -0.05) is 36.4 Å². The summed E-state index contributed by atoms with van der Waals surface area (Å²) in [5.74, 6) is -1.35. The summed E-state index contributed by atoms with van der Waals surface area (Å²) in [6, 6.07) is 13.6. The minimum absolute atomic E-state index is 0.215. The average Bonchev–Trinajstić information content (AvgIpc) is 3.19. The van der Waals surface area contributed by atoms with Gasteiger partial charge >= 0.3 is 11.9 Å². The fourth-order valence-corrected chi connectivity index (χ4v) is 2.95. The normalized spacial score (nSPS) is 11.4. The van der Waals surface area contributed by atoms with Gasteiger partial charge in [0.1, 0.15) is 11.6 Å². The molecule has 0 fully saturated rings. The van der Waals surface area contributed by atoms with E-state index in [0.717, 1.165) is 5.56 Å². The van der Waals surface area contributed by atoms with Crippen molar-refractivity contribution in [2.75, 3.05) is 13.7 Å². The monoisotopic (exact) mass is 422 g/mol. The lowest BCUT2D eigenvalue weighted by atomic mass is 10.1. The molecular weight excluding hydrogens is 400 g/mol. The van der Waals surface area contributed by atoms with Crippen LogP contribution in [0.5, 0.6) is 0 Å². The van der Waals surface area contributed by atoms with Gasteiger partial charge in [0.15, 0.2) is 12.4 Å². The quantitative estimate of drug-likeness (QED) is 0.549. The lowest BCUT2D eigenvalue weighted by Gasteiger charge is -2.16. The Kier molecular flexibility index (Phi) is 7.10. The number of carbonyl (C=O) groups is 3. The average molecular weight is 422 g/mol. The minimum atomic E-state index is -0.896. The SMILES string of the molecule is COC(=O)C(Cc1ccccc1)NC(=O)COC(=O)c1cnn(-c2ccccn2)c1C. The van der Waals surface area contributed by atoms with Gasteiger partial charge in [0.25, 0.3) is 5.91 Å². The second kappa shape index (κ2) is 10.1. The van der Waals surface area contributed by atoms with E-state index in [1.54, 1.807) is 31.3 Å². The Hall–Kier alpha value is -4.01. The Bertz CT molecular complexity index is 1050. The first-order valence-corrected chi connectivity index (χ1v) is 9.54. The molecule has 9 heteroatoms. The summed E-state index contributed by atoms with van der Waals surface area (Å²) in [5.41, 5.74) is 1.60. The number of carbonyl (C=O) groups excluding carboxylic acids is 3. The maximum Gasteiger partial charge on any atom is 0.342 e. The first kappa shape index (κ1) is 21.7. The molecule has 1 atom stereocenters. The van der Waals surface area contributed by atoms with Crippen molar-refractivity contribution in [3.63, 3.8) is 0 Å². The molecule has 0 aliphatic heterocycles. The number of rotatable bonds is 8. The Balaban J connectivity index is 1.60. The van der Waals surface area contributed by atoms with E-state index in [1.165, 1.54) is 18.0 Å². The second-order valence-electron chi connectivity index (χ2n) is 6.65. The van der Waals surface area contributed by atoms with Crippen LogP contribution in [0.1, 0.15) is 21.6 Å². The maximum atomic E-state index is 12.4. The molecule has 0 spiro atoms. The first-order chi connectivity index (χ1) is 15.0. The smallest absolute Gasteiger partial charge is 0.342 e. The Labute approximate surface area is 179 Å².